The van der Waals surface area contributed by atoms with Gasteiger partial charge in [-0.3, -0.25) is 10.1 Å². The second-order valence-corrected chi connectivity index (χ2v) is 5.08. The van der Waals surface area contributed by atoms with E-state index in [0.717, 1.165) is 0 Å². The van der Waals surface area contributed by atoms with Crippen molar-refractivity contribution in [2.45, 2.75) is 19.4 Å². The molecule has 0 amide bonds. The van der Waals surface area contributed by atoms with Crippen molar-refractivity contribution in [2.24, 2.45) is 0 Å². The standard InChI is InChI=1S/C12H18N4O3/c1-12(2)8-15(6-7-19-12)11-9(16(17)18)4-5-10(13-3)14-11/h4-5H,6-8H2,1-3H3,(H,13,14). The Hall–Kier alpha value is -1.89. The highest BCUT2D eigenvalue weighted by Gasteiger charge is 2.31. The second-order valence-electron chi connectivity index (χ2n) is 5.08. The molecule has 1 aromatic rings. The van der Waals surface area contributed by atoms with Crippen LogP contribution in [0.4, 0.5) is 17.3 Å². The molecule has 0 spiro atoms. The van der Waals surface area contributed by atoms with E-state index in [1.165, 1.54) is 6.07 Å². The number of nitrogens with zero attached hydrogens (tertiary/aromatic N) is 3. The van der Waals surface area contributed by atoms with E-state index in [9.17, 15) is 10.1 Å². The van der Waals surface area contributed by atoms with E-state index in [0.29, 0.717) is 31.3 Å². The Morgan fingerprint density at radius 1 is 1.53 bits per heavy atom. The Balaban J connectivity index is 2.38. The average molecular weight is 266 g/mol. The first kappa shape index (κ1) is 13.5. The van der Waals surface area contributed by atoms with Crippen molar-refractivity contribution >= 4 is 17.3 Å². The molecule has 2 rings (SSSR count). The number of hydrogen-bond acceptors (Lipinski definition) is 6. The third-order valence-corrected chi connectivity index (χ3v) is 3.03. The number of rotatable bonds is 3. The summed E-state index contributed by atoms with van der Waals surface area (Å²) in [6.45, 7) is 5.65. The molecule has 0 atom stereocenters. The Labute approximate surface area is 111 Å². The van der Waals surface area contributed by atoms with Gasteiger partial charge < -0.3 is 15.0 Å². The molecule has 19 heavy (non-hydrogen) atoms. The predicted octanol–water partition coefficient (Wildman–Crippen LogP) is 1.65. The number of pyridine rings is 1. The smallest absolute Gasteiger partial charge is 0.311 e. The molecule has 2 heterocycles. The fourth-order valence-corrected chi connectivity index (χ4v) is 2.15. The van der Waals surface area contributed by atoms with Crippen molar-refractivity contribution in [1.82, 2.24) is 4.98 Å². The van der Waals surface area contributed by atoms with Gasteiger partial charge in [-0.1, -0.05) is 0 Å². The van der Waals surface area contributed by atoms with Gasteiger partial charge in [-0.25, -0.2) is 4.98 Å². The minimum atomic E-state index is -0.399. The van der Waals surface area contributed by atoms with Crippen LogP contribution in [0.25, 0.3) is 0 Å². The molecule has 1 aliphatic heterocycles. The summed E-state index contributed by atoms with van der Waals surface area (Å²) in [6, 6.07) is 3.09. The molecule has 1 aliphatic rings. The van der Waals surface area contributed by atoms with Gasteiger partial charge in [0.2, 0.25) is 5.82 Å². The van der Waals surface area contributed by atoms with Crippen molar-refractivity contribution < 1.29 is 9.66 Å². The minimum Gasteiger partial charge on any atom is -0.373 e. The van der Waals surface area contributed by atoms with Crippen LogP contribution in [0, 0.1) is 10.1 Å². The molecular formula is C12H18N4O3. The molecule has 1 saturated heterocycles. The quantitative estimate of drug-likeness (QED) is 0.661. The van der Waals surface area contributed by atoms with E-state index >= 15 is 0 Å². The fourth-order valence-electron chi connectivity index (χ4n) is 2.15. The maximum atomic E-state index is 11.1. The average Bonchev–Trinajstić information content (AvgIpc) is 2.36. The van der Waals surface area contributed by atoms with Crippen LogP contribution in [0.5, 0.6) is 0 Å². The van der Waals surface area contributed by atoms with Gasteiger partial charge in [0, 0.05) is 26.2 Å². The highest BCUT2D eigenvalue weighted by molar-refractivity contribution is 5.62. The van der Waals surface area contributed by atoms with Crippen LogP contribution >= 0.6 is 0 Å². The van der Waals surface area contributed by atoms with E-state index < -0.39 is 4.92 Å². The summed E-state index contributed by atoms with van der Waals surface area (Å²) in [5, 5.41) is 14.0. The van der Waals surface area contributed by atoms with E-state index in [2.05, 4.69) is 10.3 Å². The lowest BCUT2D eigenvalue weighted by Gasteiger charge is -2.38. The molecule has 1 fully saturated rings. The summed E-state index contributed by atoms with van der Waals surface area (Å²) in [5.74, 6) is 1.01. The van der Waals surface area contributed by atoms with Gasteiger partial charge >= 0.3 is 5.69 Å². The topological polar surface area (TPSA) is 80.5 Å². The van der Waals surface area contributed by atoms with Gasteiger partial charge in [-0.2, -0.15) is 0 Å². The van der Waals surface area contributed by atoms with E-state index in [1.807, 2.05) is 18.7 Å². The van der Waals surface area contributed by atoms with Gasteiger partial charge in [-0.05, 0) is 19.9 Å². The summed E-state index contributed by atoms with van der Waals surface area (Å²) in [7, 11) is 1.74. The molecule has 1 N–H and O–H groups in total. The van der Waals surface area contributed by atoms with Crippen LogP contribution in [0.2, 0.25) is 0 Å². The lowest BCUT2D eigenvalue weighted by molar-refractivity contribution is -0.384. The van der Waals surface area contributed by atoms with Gasteiger partial charge in [0.1, 0.15) is 5.82 Å². The number of morpholine rings is 1. The van der Waals surface area contributed by atoms with Crippen molar-refractivity contribution in [1.29, 1.82) is 0 Å². The van der Waals surface area contributed by atoms with Crippen molar-refractivity contribution in [3.8, 4) is 0 Å². The second kappa shape index (κ2) is 5.00. The van der Waals surface area contributed by atoms with Crippen LogP contribution in [-0.4, -0.2) is 42.3 Å². The van der Waals surface area contributed by atoms with E-state index in [1.54, 1.807) is 13.1 Å². The zero-order valence-corrected chi connectivity index (χ0v) is 11.3. The Morgan fingerprint density at radius 2 is 2.26 bits per heavy atom. The summed E-state index contributed by atoms with van der Waals surface area (Å²) in [4.78, 5) is 16.9. The molecule has 7 nitrogen and oxygen atoms in total. The zero-order chi connectivity index (χ0) is 14.0. The largest absolute Gasteiger partial charge is 0.373 e. The highest BCUT2D eigenvalue weighted by Crippen LogP contribution is 2.30. The van der Waals surface area contributed by atoms with Gasteiger partial charge in [-0.15, -0.1) is 0 Å². The van der Waals surface area contributed by atoms with Crippen LogP contribution < -0.4 is 10.2 Å². The summed E-state index contributed by atoms with van der Waals surface area (Å²) >= 11 is 0. The monoisotopic (exact) mass is 266 g/mol. The molecule has 0 aromatic carbocycles. The van der Waals surface area contributed by atoms with Gasteiger partial charge in [0.25, 0.3) is 0 Å². The molecular weight excluding hydrogens is 248 g/mol. The fraction of sp³-hybridized carbons (Fsp3) is 0.583. The highest BCUT2D eigenvalue weighted by atomic mass is 16.6. The van der Waals surface area contributed by atoms with Crippen molar-refractivity contribution in [2.75, 3.05) is 37.0 Å². The molecule has 0 bridgehead atoms. The molecule has 104 valence electrons. The number of nitro groups is 1. The van der Waals surface area contributed by atoms with E-state index in [-0.39, 0.29) is 11.3 Å². The van der Waals surface area contributed by atoms with Gasteiger partial charge in [0.15, 0.2) is 0 Å². The summed E-state index contributed by atoms with van der Waals surface area (Å²) < 4.78 is 5.62. The van der Waals surface area contributed by atoms with Crippen LogP contribution in [0.15, 0.2) is 12.1 Å². The van der Waals surface area contributed by atoms with E-state index in [4.69, 9.17) is 4.74 Å². The number of hydrogen-bond donors (Lipinski definition) is 1. The lowest BCUT2D eigenvalue weighted by atomic mass is 10.1. The number of nitrogens with one attached hydrogen (secondary N) is 1. The first-order chi connectivity index (χ1) is 8.93. The molecule has 7 heteroatoms. The number of anilines is 2. The Morgan fingerprint density at radius 3 is 2.84 bits per heavy atom. The summed E-state index contributed by atoms with van der Waals surface area (Å²) in [6.07, 6.45) is 0. The van der Waals surface area contributed by atoms with Crippen molar-refractivity contribution in [3.63, 3.8) is 0 Å². The van der Waals surface area contributed by atoms with Gasteiger partial charge in [0.05, 0.1) is 17.1 Å². The zero-order valence-electron chi connectivity index (χ0n) is 11.3. The maximum Gasteiger partial charge on any atom is 0.311 e. The number of ether oxygens (including phenoxy) is 1. The first-order valence-electron chi connectivity index (χ1n) is 6.15. The Bertz CT molecular complexity index is 490. The third-order valence-electron chi connectivity index (χ3n) is 3.03. The maximum absolute atomic E-state index is 11.1. The van der Waals surface area contributed by atoms with Crippen LogP contribution in [0.3, 0.4) is 0 Å². The van der Waals surface area contributed by atoms with Crippen LogP contribution in [0.1, 0.15) is 13.8 Å². The van der Waals surface area contributed by atoms with Crippen molar-refractivity contribution in [3.05, 3.63) is 22.2 Å². The number of aromatic nitrogens is 1. The lowest BCUT2D eigenvalue weighted by Crippen LogP contribution is -2.48. The minimum absolute atomic E-state index is 0.0247. The molecule has 0 radical (unpaired) electrons. The summed E-state index contributed by atoms with van der Waals surface area (Å²) in [5.41, 5.74) is -0.305. The molecule has 1 aromatic heterocycles. The molecule has 0 unspecified atom stereocenters. The molecule has 0 saturated carbocycles. The Kier molecular flexibility index (Phi) is 3.57. The first-order valence-corrected chi connectivity index (χ1v) is 6.15. The molecule has 0 aliphatic carbocycles. The SMILES string of the molecule is CNc1ccc([N+](=O)[O-])c(N2CCOC(C)(C)C2)n1. The third kappa shape index (κ3) is 2.93. The normalized spacial score (nSPS) is 18.2. The van der Waals surface area contributed by atoms with Crippen LogP contribution in [-0.2, 0) is 4.74 Å². The predicted molar refractivity (Wildman–Crippen MR) is 72.7 cm³/mol.